The Balaban J connectivity index is 0.00000220. The molecule has 4 nitrogen and oxygen atoms in total. The summed E-state index contributed by atoms with van der Waals surface area (Å²) in [4.78, 5) is -0.264. The maximum Gasteiger partial charge on any atom is 0.245 e. The summed E-state index contributed by atoms with van der Waals surface area (Å²) in [5.41, 5.74) is 5.84. The van der Waals surface area contributed by atoms with E-state index in [9.17, 15) is 12.8 Å². The Morgan fingerprint density at radius 2 is 1.95 bits per heavy atom. The predicted octanol–water partition coefficient (Wildman–Crippen LogP) is 2.76. The van der Waals surface area contributed by atoms with Crippen molar-refractivity contribution in [2.45, 2.75) is 30.7 Å². The van der Waals surface area contributed by atoms with Gasteiger partial charge in [-0.05, 0) is 43.9 Å². The number of sulfonamides is 1. The van der Waals surface area contributed by atoms with Crippen LogP contribution in [0.25, 0.3) is 0 Å². The van der Waals surface area contributed by atoms with Crippen molar-refractivity contribution < 1.29 is 12.8 Å². The summed E-state index contributed by atoms with van der Waals surface area (Å²) >= 11 is 3.12. The predicted molar refractivity (Wildman–Crippen MR) is 86.5 cm³/mol. The third kappa shape index (κ3) is 4.16. The molecule has 0 radical (unpaired) electrons. The first-order valence-electron chi connectivity index (χ1n) is 6.53. The Morgan fingerprint density at radius 1 is 1.38 bits per heavy atom. The number of nitrogens with two attached hydrogens (primary N) is 1. The van der Waals surface area contributed by atoms with Crippen LogP contribution in [0.3, 0.4) is 0 Å². The number of nitrogens with zero attached hydrogens (tertiary/aromatic N) is 1. The Bertz CT molecular complexity index is 590. The molecule has 0 aliphatic carbocycles. The van der Waals surface area contributed by atoms with E-state index in [1.165, 1.54) is 22.5 Å². The zero-order valence-electron chi connectivity index (χ0n) is 11.6. The Kier molecular flexibility index (Phi) is 6.61. The molecule has 1 atom stereocenters. The molecule has 1 aliphatic heterocycles. The molecule has 0 spiro atoms. The van der Waals surface area contributed by atoms with Crippen molar-refractivity contribution in [1.82, 2.24) is 4.31 Å². The molecule has 1 saturated heterocycles. The second kappa shape index (κ2) is 7.37. The number of halogens is 3. The van der Waals surface area contributed by atoms with Gasteiger partial charge in [0.25, 0.3) is 0 Å². The fourth-order valence-corrected chi connectivity index (χ4v) is 4.31. The standard InChI is InChI=1S/C13H18BrFN2O2S.ClH/c1-9(16)10-4-6-17(7-5-10)20(18,19)13-3-2-11(14)8-12(13)15;/h2-3,8-10H,4-7,16H2,1H3;1H. The van der Waals surface area contributed by atoms with Crippen LogP contribution >= 0.6 is 28.3 Å². The van der Waals surface area contributed by atoms with Gasteiger partial charge in [0.15, 0.2) is 0 Å². The summed E-state index contributed by atoms with van der Waals surface area (Å²) in [6.45, 7) is 2.72. The lowest BCUT2D eigenvalue weighted by molar-refractivity contribution is 0.250. The lowest BCUT2D eigenvalue weighted by Gasteiger charge is -2.32. The van der Waals surface area contributed by atoms with E-state index in [1.54, 1.807) is 0 Å². The van der Waals surface area contributed by atoms with Gasteiger partial charge >= 0.3 is 0 Å². The van der Waals surface area contributed by atoms with Crippen LogP contribution in [-0.2, 0) is 10.0 Å². The van der Waals surface area contributed by atoms with Crippen LogP contribution in [0, 0.1) is 11.7 Å². The first-order valence-corrected chi connectivity index (χ1v) is 8.76. The van der Waals surface area contributed by atoms with Gasteiger partial charge < -0.3 is 5.73 Å². The first-order chi connectivity index (χ1) is 9.32. The lowest BCUT2D eigenvalue weighted by atomic mass is 9.92. The highest BCUT2D eigenvalue weighted by molar-refractivity contribution is 9.10. The number of rotatable bonds is 3. The first kappa shape index (κ1) is 18.8. The number of hydrogen-bond donors (Lipinski definition) is 1. The minimum atomic E-state index is -3.76. The molecule has 120 valence electrons. The highest BCUT2D eigenvalue weighted by Gasteiger charge is 2.32. The van der Waals surface area contributed by atoms with Gasteiger partial charge in [0.1, 0.15) is 10.7 Å². The van der Waals surface area contributed by atoms with Gasteiger partial charge in [-0.2, -0.15) is 4.31 Å². The van der Waals surface area contributed by atoms with E-state index < -0.39 is 15.8 Å². The number of hydrogen-bond acceptors (Lipinski definition) is 3. The zero-order chi connectivity index (χ0) is 14.9. The highest BCUT2D eigenvalue weighted by Crippen LogP contribution is 2.27. The van der Waals surface area contributed by atoms with E-state index in [-0.39, 0.29) is 23.3 Å². The summed E-state index contributed by atoms with van der Waals surface area (Å²) in [5, 5.41) is 0. The van der Waals surface area contributed by atoms with E-state index in [0.29, 0.717) is 23.5 Å². The molecule has 21 heavy (non-hydrogen) atoms. The SMILES string of the molecule is CC(N)C1CCN(S(=O)(=O)c2ccc(Br)cc2F)CC1.Cl. The van der Waals surface area contributed by atoms with Crippen LogP contribution < -0.4 is 5.73 Å². The van der Waals surface area contributed by atoms with Crippen molar-refractivity contribution in [3.8, 4) is 0 Å². The average molecular weight is 402 g/mol. The second-order valence-corrected chi connectivity index (χ2v) is 8.00. The molecule has 1 heterocycles. The lowest BCUT2D eigenvalue weighted by Crippen LogP contribution is -2.42. The minimum Gasteiger partial charge on any atom is -0.328 e. The fourth-order valence-electron chi connectivity index (χ4n) is 2.47. The van der Waals surface area contributed by atoms with E-state index >= 15 is 0 Å². The van der Waals surface area contributed by atoms with Gasteiger partial charge in [0.05, 0.1) is 0 Å². The molecule has 1 aliphatic rings. The van der Waals surface area contributed by atoms with Crippen molar-refractivity contribution in [3.05, 3.63) is 28.5 Å². The molecule has 2 rings (SSSR count). The van der Waals surface area contributed by atoms with Crippen molar-refractivity contribution in [2.24, 2.45) is 11.7 Å². The van der Waals surface area contributed by atoms with Crippen LogP contribution in [0.4, 0.5) is 4.39 Å². The van der Waals surface area contributed by atoms with E-state index in [1.807, 2.05) is 6.92 Å². The second-order valence-electron chi connectivity index (χ2n) is 5.18. The number of benzene rings is 1. The van der Waals surface area contributed by atoms with Crippen molar-refractivity contribution >= 4 is 38.4 Å². The molecule has 8 heteroatoms. The van der Waals surface area contributed by atoms with E-state index in [4.69, 9.17) is 5.73 Å². The van der Waals surface area contributed by atoms with Crippen molar-refractivity contribution in [2.75, 3.05) is 13.1 Å². The van der Waals surface area contributed by atoms with Crippen molar-refractivity contribution in [3.63, 3.8) is 0 Å². The average Bonchev–Trinajstić information content (AvgIpc) is 2.38. The molecular formula is C13H19BrClFN2O2S. The van der Waals surface area contributed by atoms with Gasteiger partial charge in [-0.25, -0.2) is 12.8 Å². The maximum absolute atomic E-state index is 13.9. The normalized spacial score (nSPS) is 19.0. The number of piperidine rings is 1. The molecule has 0 amide bonds. The third-order valence-corrected chi connectivity index (χ3v) is 6.18. The van der Waals surface area contributed by atoms with Gasteiger partial charge in [-0.3, -0.25) is 0 Å². The van der Waals surface area contributed by atoms with Gasteiger partial charge in [0, 0.05) is 23.6 Å². The van der Waals surface area contributed by atoms with E-state index in [2.05, 4.69) is 15.9 Å². The van der Waals surface area contributed by atoms with Crippen LogP contribution in [0.15, 0.2) is 27.6 Å². The molecule has 0 saturated carbocycles. The molecule has 2 N–H and O–H groups in total. The maximum atomic E-state index is 13.9. The van der Waals surface area contributed by atoms with Crippen LogP contribution in [-0.4, -0.2) is 31.9 Å². The molecule has 1 fully saturated rings. The largest absolute Gasteiger partial charge is 0.328 e. The van der Waals surface area contributed by atoms with Gasteiger partial charge in [-0.15, -0.1) is 12.4 Å². The monoisotopic (exact) mass is 400 g/mol. The van der Waals surface area contributed by atoms with Crippen molar-refractivity contribution in [1.29, 1.82) is 0 Å². The summed E-state index contributed by atoms with van der Waals surface area (Å²) in [5.74, 6) is -0.398. The molecule has 1 unspecified atom stereocenters. The quantitative estimate of drug-likeness (QED) is 0.847. The smallest absolute Gasteiger partial charge is 0.245 e. The van der Waals surface area contributed by atoms with Crippen LogP contribution in [0.2, 0.25) is 0 Å². The topological polar surface area (TPSA) is 63.4 Å². The Morgan fingerprint density at radius 3 is 2.43 bits per heavy atom. The molecule has 0 bridgehead atoms. The third-order valence-electron chi connectivity index (χ3n) is 3.75. The molecule has 0 aromatic heterocycles. The summed E-state index contributed by atoms with van der Waals surface area (Å²) in [7, 11) is -3.76. The summed E-state index contributed by atoms with van der Waals surface area (Å²) < 4.78 is 40.6. The molecule has 1 aromatic rings. The Hall–Kier alpha value is -0.210. The zero-order valence-corrected chi connectivity index (χ0v) is 14.8. The van der Waals surface area contributed by atoms with E-state index in [0.717, 1.165) is 12.8 Å². The minimum absolute atomic E-state index is 0. The fraction of sp³-hybridized carbons (Fsp3) is 0.538. The van der Waals surface area contributed by atoms with Crippen LogP contribution in [0.5, 0.6) is 0 Å². The highest BCUT2D eigenvalue weighted by atomic mass is 79.9. The molecule has 1 aromatic carbocycles. The summed E-state index contributed by atoms with van der Waals surface area (Å²) in [6.07, 6.45) is 1.43. The molecular weight excluding hydrogens is 383 g/mol. The van der Waals surface area contributed by atoms with Gasteiger partial charge in [-0.1, -0.05) is 15.9 Å². The van der Waals surface area contributed by atoms with Gasteiger partial charge in [0.2, 0.25) is 10.0 Å². The summed E-state index contributed by atoms with van der Waals surface area (Å²) in [6, 6.07) is 4.06. The Labute approximate surface area is 139 Å². The van der Waals surface area contributed by atoms with Crippen LogP contribution in [0.1, 0.15) is 19.8 Å².